The van der Waals surface area contributed by atoms with Crippen LogP contribution in [0.15, 0.2) is 0 Å². The summed E-state index contributed by atoms with van der Waals surface area (Å²) in [6.45, 7) is 3.96. The Bertz CT molecular complexity index is 197. The Hall–Kier alpha value is -0.0800. The lowest BCUT2D eigenvalue weighted by Crippen LogP contribution is -2.44. The molecule has 19 heavy (non-hydrogen) atoms. The molecular weight excluding hydrogens is 234 g/mol. The Morgan fingerprint density at radius 1 is 0.842 bits per heavy atom. The summed E-state index contributed by atoms with van der Waals surface area (Å²) in [4.78, 5) is 0. The van der Waals surface area contributed by atoms with Crippen molar-refractivity contribution in [3.05, 3.63) is 0 Å². The van der Waals surface area contributed by atoms with Gasteiger partial charge in [0.15, 0.2) is 0 Å². The Morgan fingerprint density at radius 3 is 2.05 bits per heavy atom. The predicted molar refractivity (Wildman–Crippen MR) is 83.4 cm³/mol. The van der Waals surface area contributed by atoms with Gasteiger partial charge in [0.05, 0.1) is 6.61 Å². The summed E-state index contributed by atoms with van der Waals surface area (Å²) in [5, 5.41) is 0. The molecular formula is C17H35NO. The molecule has 0 radical (unpaired) electrons. The van der Waals surface area contributed by atoms with Crippen molar-refractivity contribution in [2.45, 2.75) is 95.9 Å². The first-order valence-electron chi connectivity index (χ1n) is 8.63. The molecule has 0 atom stereocenters. The molecule has 0 aromatic carbocycles. The molecule has 0 amide bonds. The molecule has 1 fully saturated rings. The molecule has 0 aliphatic heterocycles. The number of ether oxygens (including phenoxy) is 1. The summed E-state index contributed by atoms with van der Waals surface area (Å²) in [6.07, 6.45) is 17.0. The maximum absolute atomic E-state index is 6.43. The third-order valence-electron chi connectivity index (χ3n) is 4.38. The van der Waals surface area contributed by atoms with Gasteiger partial charge in [0.25, 0.3) is 0 Å². The molecule has 0 unspecified atom stereocenters. The van der Waals surface area contributed by atoms with Crippen LogP contribution in [0.25, 0.3) is 0 Å². The van der Waals surface area contributed by atoms with E-state index in [0.29, 0.717) is 0 Å². The molecule has 114 valence electrons. The summed E-state index contributed by atoms with van der Waals surface area (Å²) in [6, 6.07) is 0. The molecule has 2 N–H and O–H groups in total. The summed E-state index contributed by atoms with van der Waals surface area (Å²) in [5.41, 5.74) is 6.41. The van der Waals surface area contributed by atoms with Crippen molar-refractivity contribution in [1.29, 1.82) is 0 Å². The number of hydrogen-bond donors (Lipinski definition) is 1. The Morgan fingerprint density at radius 2 is 1.42 bits per heavy atom. The van der Waals surface area contributed by atoms with Crippen molar-refractivity contribution in [2.24, 2.45) is 5.73 Å². The van der Waals surface area contributed by atoms with Gasteiger partial charge in [-0.05, 0) is 19.3 Å². The van der Waals surface area contributed by atoms with E-state index in [9.17, 15) is 0 Å². The number of rotatable bonds is 10. The van der Waals surface area contributed by atoms with Crippen molar-refractivity contribution in [2.75, 3.05) is 13.2 Å². The highest BCUT2D eigenvalue weighted by Crippen LogP contribution is 2.25. The Labute approximate surface area is 120 Å². The zero-order valence-electron chi connectivity index (χ0n) is 13.1. The normalized spacial score (nSPS) is 19.3. The third-order valence-corrected chi connectivity index (χ3v) is 4.38. The fourth-order valence-electron chi connectivity index (χ4n) is 3.01. The van der Waals surface area contributed by atoms with Gasteiger partial charge in [-0.3, -0.25) is 0 Å². The van der Waals surface area contributed by atoms with E-state index in [-0.39, 0.29) is 5.54 Å². The summed E-state index contributed by atoms with van der Waals surface area (Å²) in [7, 11) is 0. The molecule has 1 aliphatic carbocycles. The second kappa shape index (κ2) is 10.7. The SMILES string of the molecule is CCCCCCCCCOCC1(N)CCCCCC1. The Kier molecular flexibility index (Phi) is 9.54. The van der Waals surface area contributed by atoms with Gasteiger partial charge in [-0.25, -0.2) is 0 Å². The lowest BCUT2D eigenvalue weighted by Gasteiger charge is -2.27. The van der Waals surface area contributed by atoms with Gasteiger partial charge in [-0.2, -0.15) is 0 Å². The maximum atomic E-state index is 6.43. The highest BCUT2D eigenvalue weighted by Gasteiger charge is 2.26. The van der Waals surface area contributed by atoms with E-state index in [2.05, 4.69) is 6.92 Å². The first-order valence-corrected chi connectivity index (χ1v) is 8.63. The van der Waals surface area contributed by atoms with Gasteiger partial charge >= 0.3 is 0 Å². The molecule has 0 bridgehead atoms. The summed E-state index contributed by atoms with van der Waals surface area (Å²) < 4.78 is 5.83. The second-order valence-electron chi connectivity index (χ2n) is 6.45. The average Bonchev–Trinajstić information content (AvgIpc) is 2.62. The lowest BCUT2D eigenvalue weighted by atomic mass is 9.93. The number of hydrogen-bond acceptors (Lipinski definition) is 2. The van der Waals surface area contributed by atoms with Crippen LogP contribution < -0.4 is 5.73 Å². The number of nitrogens with two attached hydrogens (primary N) is 1. The van der Waals surface area contributed by atoms with Gasteiger partial charge in [0, 0.05) is 12.1 Å². The molecule has 0 spiro atoms. The molecule has 0 heterocycles. The lowest BCUT2D eigenvalue weighted by molar-refractivity contribution is 0.0752. The van der Waals surface area contributed by atoms with E-state index < -0.39 is 0 Å². The monoisotopic (exact) mass is 269 g/mol. The molecule has 2 nitrogen and oxygen atoms in total. The first kappa shape index (κ1) is 17.0. The van der Waals surface area contributed by atoms with Gasteiger partial charge in [0.1, 0.15) is 0 Å². The fraction of sp³-hybridized carbons (Fsp3) is 1.00. The molecule has 1 aliphatic rings. The molecule has 1 saturated carbocycles. The quantitative estimate of drug-likeness (QED) is 0.456. The molecule has 0 saturated heterocycles. The molecule has 0 aromatic rings. The van der Waals surface area contributed by atoms with E-state index in [1.165, 1.54) is 70.6 Å². The fourth-order valence-corrected chi connectivity index (χ4v) is 3.01. The zero-order chi connectivity index (χ0) is 13.8. The zero-order valence-corrected chi connectivity index (χ0v) is 13.1. The minimum Gasteiger partial charge on any atom is -0.380 e. The third kappa shape index (κ3) is 8.65. The van der Waals surface area contributed by atoms with Crippen molar-refractivity contribution in [3.8, 4) is 0 Å². The van der Waals surface area contributed by atoms with Crippen LogP contribution in [0, 0.1) is 0 Å². The van der Waals surface area contributed by atoms with Crippen LogP contribution >= 0.6 is 0 Å². The van der Waals surface area contributed by atoms with Crippen LogP contribution in [-0.4, -0.2) is 18.8 Å². The van der Waals surface area contributed by atoms with E-state index >= 15 is 0 Å². The minimum absolute atomic E-state index is 0.0162. The Balaban J connectivity index is 1.92. The summed E-state index contributed by atoms with van der Waals surface area (Å²) >= 11 is 0. The molecule has 2 heteroatoms. The van der Waals surface area contributed by atoms with E-state index in [1.807, 2.05) is 0 Å². The van der Waals surface area contributed by atoms with Crippen molar-refractivity contribution in [1.82, 2.24) is 0 Å². The highest BCUT2D eigenvalue weighted by molar-refractivity contribution is 4.85. The second-order valence-corrected chi connectivity index (χ2v) is 6.45. The van der Waals surface area contributed by atoms with Crippen LogP contribution in [0.2, 0.25) is 0 Å². The van der Waals surface area contributed by atoms with Crippen LogP contribution in [0.5, 0.6) is 0 Å². The smallest absolute Gasteiger partial charge is 0.0646 e. The minimum atomic E-state index is -0.0162. The van der Waals surface area contributed by atoms with Gasteiger partial charge < -0.3 is 10.5 Å². The van der Waals surface area contributed by atoms with E-state index in [0.717, 1.165) is 26.1 Å². The van der Waals surface area contributed by atoms with Crippen LogP contribution in [-0.2, 0) is 4.74 Å². The molecule has 0 aromatic heterocycles. The highest BCUT2D eigenvalue weighted by atomic mass is 16.5. The van der Waals surface area contributed by atoms with Crippen molar-refractivity contribution in [3.63, 3.8) is 0 Å². The molecule has 1 rings (SSSR count). The maximum Gasteiger partial charge on any atom is 0.0646 e. The first-order chi connectivity index (χ1) is 9.27. The van der Waals surface area contributed by atoms with Gasteiger partial charge in [-0.1, -0.05) is 71.1 Å². The van der Waals surface area contributed by atoms with E-state index in [1.54, 1.807) is 0 Å². The summed E-state index contributed by atoms with van der Waals surface area (Å²) in [5.74, 6) is 0. The number of unbranched alkanes of at least 4 members (excludes halogenated alkanes) is 6. The van der Waals surface area contributed by atoms with Crippen LogP contribution in [0.4, 0.5) is 0 Å². The largest absolute Gasteiger partial charge is 0.380 e. The van der Waals surface area contributed by atoms with Gasteiger partial charge in [0.2, 0.25) is 0 Å². The van der Waals surface area contributed by atoms with Gasteiger partial charge in [-0.15, -0.1) is 0 Å². The predicted octanol–water partition coefficient (Wildman–Crippen LogP) is 4.81. The van der Waals surface area contributed by atoms with Crippen LogP contribution in [0.1, 0.15) is 90.4 Å². The van der Waals surface area contributed by atoms with E-state index in [4.69, 9.17) is 10.5 Å². The van der Waals surface area contributed by atoms with Crippen molar-refractivity contribution >= 4 is 0 Å². The topological polar surface area (TPSA) is 35.2 Å². The standard InChI is InChI=1S/C17H35NO/c1-2-3-4-5-6-9-12-15-19-16-17(18)13-10-7-8-11-14-17/h2-16,18H2,1H3. The van der Waals surface area contributed by atoms with Crippen LogP contribution in [0.3, 0.4) is 0 Å². The van der Waals surface area contributed by atoms with Crippen molar-refractivity contribution < 1.29 is 4.74 Å². The average molecular weight is 269 g/mol.